The first-order valence-electron chi connectivity index (χ1n) is 12.8. The number of benzene rings is 3. The maximum atomic E-state index is 13.7. The second-order valence-electron chi connectivity index (χ2n) is 9.05. The Kier molecular flexibility index (Phi) is 8.16. The summed E-state index contributed by atoms with van der Waals surface area (Å²) in [6.07, 6.45) is 0. The van der Waals surface area contributed by atoms with E-state index in [0.29, 0.717) is 39.3 Å². The normalized spacial score (nSPS) is 14.1. The summed E-state index contributed by atoms with van der Waals surface area (Å²) in [5, 5.41) is 14.6. The van der Waals surface area contributed by atoms with Gasteiger partial charge in [-0.3, -0.25) is 14.9 Å². The van der Waals surface area contributed by atoms with Crippen LogP contribution in [-0.2, 0) is 15.3 Å². The first kappa shape index (κ1) is 27.7. The van der Waals surface area contributed by atoms with Crippen molar-refractivity contribution in [3.63, 3.8) is 0 Å². The lowest BCUT2D eigenvalue weighted by Gasteiger charge is -2.30. The molecule has 0 radical (unpaired) electrons. The van der Waals surface area contributed by atoms with Crippen LogP contribution >= 0.6 is 11.8 Å². The number of carbonyl (C=O) groups is 1. The maximum absolute atomic E-state index is 13.7. The third kappa shape index (κ3) is 5.85. The topological polar surface area (TPSA) is 136 Å². The average Bonchev–Trinajstić information content (AvgIpc) is 3.00. The Morgan fingerprint density at radius 1 is 1.05 bits per heavy atom. The van der Waals surface area contributed by atoms with Crippen LogP contribution in [0.3, 0.4) is 0 Å². The van der Waals surface area contributed by atoms with E-state index in [-0.39, 0.29) is 17.9 Å². The first-order chi connectivity index (χ1) is 19.9. The van der Waals surface area contributed by atoms with Gasteiger partial charge in [0.25, 0.3) is 11.2 Å². The van der Waals surface area contributed by atoms with Crippen LogP contribution in [0.15, 0.2) is 94.4 Å². The standard InChI is InChI=1S/C30H26N4O6S/c1-3-40-29(36)24-23(19-11-15-22(39-2)16-12-19)25-27(31-26(24)20-7-5-4-6-8-20)32-30(33-28(25)35)41-17-18-9-13-21(14-10-18)34(37)38/h4-16,23H,3,17H2,1-2H3,(H2,31,32,33,35). The second-order valence-corrected chi connectivity index (χ2v) is 10.0. The summed E-state index contributed by atoms with van der Waals surface area (Å²) in [5.74, 6) is 0.0835. The molecule has 1 atom stereocenters. The van der Waals surface area contributed by atoms with Crippen LogP contribution in [0.5, 0.6) is 5.75 Å². The summed E-state index contributed by atoms with van der Waals surface area (Å²) < 4.78 is 10.8. The van der Waals surface area contributed by atoms with Crippen molar-refractivity contribution >= 4 is 34.9 Å². The van der Waals surface area contributed by atoms with E-state index in [9.17, 15) is 19.7 Å². The largest absolute Gasteiger partial charge is 0.497 e. The number of nitrogens with one attached hydrogen (secondary N) is 2. The van der Waals surface area contributed by atoms with E-state index in [0.717, 1.165) is 11.1 Å². The lowest BCUT2D eigenvalue weighted by atomic mass is 9.81. The molecule has 0 spiro atoms. The highest BCUT2D eigenvalue weighted by molar-refractivity contribution is 7.98. The number of aromatic nitrogens is 2. The molecule has 1 aromatic heterocycles. The summed E-state index contributed by atoms with van der Waals surface area (Å²) in [7, 11) is 1.57. The Morgan fingerprint density at radius 3 is 2.39 bits per heavy atom. The molecule has 208 valence electrons. The number of esters is 1. The molecule has 0 fully saturated rings. The van der Waals surface area contributed by atoms with Gasteiger partial charge >= 0.3 is 5.97 Å². The number of H-pyrrole nitrogens is 1. The molecule has 1 aliphatic rings. The first-order valence-corrected chi connectivity index (χ1v) is 13.8. The fourth-order valence-electron chi connectivity index (χ4n) is 4.62. The number of fused-ring (bicyclic) bond motifs is 1. The quantitative estimate of drug-likeness (QED) is 0.0877. The number of aromatic amines is 1. The van der Waals surface area contributed by atoms with Crippen molar-refractivity contribution in [2.75, 3.05) is 19.0 Å². The fourth-order valence-corrected chi connectivity index (χ4v) is 5.44. The lowest BCUT2D eigenvalue weighted by molar-refractivity contribution is -0.384. The van der Waals surface area contributed by atoms with Crippen molar-refractivity contribution in [3.8, 4) is 5.75 Å². The number of hydrogen-bond acceptors (Lipinski definition) is 9. The van der Waals surface area contributed by atoms with Crippen LogP contribution in [0, 0.1) is 10.1 Å². The van der Waals surface area contributed by atoms with E-state index in [4.69, 9.17) is 14.5 Å². The van der Waals surface area contributed by atoms with Gasteiger partial charge in [-0.2, -0.15) is 0 Å². The number of non-ortho nitro benzene ring substituents is 1. The number of methoxy groups -OCH3 is 1. The van der Waals surface area contributed by atoms with E-state index in [2.05, 4.69) is 10.3 Å². The Labute approximate surface area is 239 Å². The fraction of sp³-hybridized carbons (Fsp3) is 0.167. The molecule has 0 saturated carbocycles. The third-order valence-electron chi connectivity index (χ3n) is 6.55. The molecule has 0 aliphatic carbocycles. The van der Waals surface area contributed by atoms with Gasteiger partial charge in [0, 0.05) is 17.9 Å². The minimum absolute atomic E-state index is 0.00506. The van der Waals surface area contributed by atoms with Crippen molar-refractivity contribution in [3.05, 3.63) is 127 Å². The van der Waals surface area contributed by atoms with Crippen molar-refractivity contribution in [1.29, 1.82) is 0 Å². The molecule has 3 aromatic carbocycles. The van der Waals surface area contributed by atoms with Crippen molar-refractivity contribution in [1.82, 2.24) is 9.97 Å². The number of ether oxygens (including phenoxy) is 2. The summed E-state index contributed by atoms with van der Waals surface area (Å²) in [5.41, 5.74) is 2.97. The molecule has 10 nitrogen and oxygen atoms in total. The second kappa shape index (κ2) is 12.1. The van der Waals surface area contributed by atoms with Crippen molar-refractivity contribution in [2.45, 2.75) is 23.8 Å². The number of anilines is 1. The van der Waals surface area contributed by atoms with Gasteiger partial charge in [0.2, 0.25) is 0 Å². The van der Waals surface area contributed by atoms with E-state index in [1.165, 1.54) is 23.9 Å². The molecule has 2 heterocycles. The van der Waals surface area contributed by atoms with E-state index in [1.807, 2.05) is 42.5 Å². The van der Waals surface area contributed by atoms with Gasteiger partial charge < -0.3 is 19.8 Å². The number of nitro benzene ring substituents is 1. The monoisotopic (exact) mass is 570 g/mol. The van der Waals surface area contributed by atoms with Crippen molar-refractivity contribution < 1.29 is 19.2 Å². The summed E-state index contributed by atoms with van der Waals surface area (Å²) in [4.78, 5) is 45.2. The lowest BCUT2D eigenvalue weighted by Crippen LogP contribution is -2.31. The molecule has 5 rings (SSSR count). The summed E-state index contributed by atoms with van der Waals surface area (Å²) in [6, 6.07) is 22.7. The van der Waals surface area contributed by atoms with Crippen molar-refractivity contribution in [2.24, 2.45) is 0 Å². The Balaban J connectivity index is 1.60. The summed E-state index contributed by atoms with van der Waals surface area (Å²) in [6.45, 7) is 1.90. The van der Waals surface area contributed by atoms with E-state index in [1.54, 1.807) is 38.3 Å². The molecule has 41 heavy (non-hydrogen) atoms. The van der Waals surface area contributed by atoms with Gasteiger partial charge in [-0.05, 0) is 35.7 Å². The van der Waals surface area contributed by atoms with Gasteiger partial charge in [0.05, 0.1) is 41.4 Å². The number of thioether (sulfide) groups is 1. The molecule has 0 amide bonds. The molecule has 1 aliphatic heterocycles. The average molecular weight is 571 g/mol. The van der Waals surface area contributed by atoms with E-state index < -0.39 is 22.4 Å². The smallest absolute Gasteiger partial charge is 0.337 e. The van der Waals surface area contributed by atoms with Gasteiger partial charge in [0.1, 0.15) is 11.6 Å². The number of rotatable bonds is 9. The highest BCUT2D eigenvalue weighted by atomic mass is 32.2. The minimum Gasteiger partial charge on any atom is -0.497 e. The van der Waals surface area contributed by atoms with Gasteiger partial charge in [0.15, 0.2) is 5.16 Å². The highest BCUT2D eigenvalue weighted by Crippen LogP contribution is 2.43. The van der Waals surface area contributed by atoms with E-state index >= 15 is 0 Å². The summed E-state index contributed by atoms with van der Waals surface area (Å²) >= 11 is 1.29. The van der Waals surface area contributed by atoms with Crippen LogP contribution in [0.2, 0.25) is 0 Å². The number of nitrogens with zero attached hydrogens (tertiary/aromatic N) is 2. The Morgan fingerprint density at radius 2 is 1.76 bits per heavy atom. The molecule has 2 N–H and O–H groups in total. The number of hydrogen-bond donors (Lipinski definition) is 2. The Bertz CT molecular complexity index is 1670. The zero-order valence-electron chi connectivity index (χ0n) is 22.2. The minimum atomic E-state index is -0.767. The van der Waals surface area contributed by atoms with Crippen LogP contribution in [0.4, 0.5) is 11.5 Å². The molecular weight excluding hydrogens is 544 g/mol. The molecule has 0 saturated heterocycles. The van der Waals surface area contributed by atoms with Crippen LogP contribution in [0.1, 0.15) is 35.1 Å². The molecule has 0 bridgehead atoms. The Hall–Kier alpha value is -4.90. The number of nitro groups is 1. The predicted molar refractivity (Wildman–Crippen MR) is 156 cm³/mol. The third-order valence-corrected chi connectivity index (χ3v) is 7.50. The zero-order chi connectivity index (χ0) is 28.9. The zero-order valence-corrected chi connectivity index (χ0v) is 23.1. The molecule has 11 heteroatoms. The van der Waals surface area contributed by atoms with Gasteiger partial charge in [-0.25, -0.2) is 9.78 Å². The predicted octanol–water partition coefficient (Wildman–Crippen LogP) is 5.51. The van der Waals surface area contributed by atoms with Crippen LogP contribution in [0.25, 0.3) is 5.70 Å². The SMILES string of the molecule is CCOC(=O)C1=C(c2ccccc2)Nc2nc(SCc3ccc([N+](=O)[O-])cc3)[nH]c(=O)c2C1c1ccc(OC)cc1. The van der Waals surface area contributed by atoms with Crippen LogP contribution in [-0.4, -0.2) is 34.6 Å². The maximum Gasteiger partial charge on any atom is 0.337 e. The molecule has 4 aromatic rings. The number of carbonyl (C=O) groups excluding carboxylic acids is 1. The highest BCUT2D eigenvalue weighted by Gasteiger charge is 2.38. The molecular formula is C30H26N4O6S. The van der Waals surface area contributed by atoms with Gasteiger partial charge in [-0.15, -0.1) is 0 Å². The van der Waals surface area contributed by atoms with Crippen LogP contribution < -0.4 is 15.6 Å². The molecule has 1 unspecified atom stereocenters. The van der Waals surface area contributed by atoms with Gasteiger partial charge in [-0.1, -0.05) is 66.4 Å².